The minimum atomic E-state index is 0.270. The number of para-hydroxylation sites is 1. The fourth-order valence-electron chi connectivity index (χ4n) is 4.35. The maximum absolute atomic E-state index is 9.82. The van der Waals surface area contributed by atoms with E-state index in [0.717, 1.165) is 47.4 Å². The summed E-state index contributed by atoms with van der Waals surface area (Å²) in [6.45, 7) is 4.13. The van der Waals surface area contributed by atoms with E-state index < -0.39 is 0 Å². The Bertz CT molecular complexity index is 915. The van der Waals surface area contributed by atoms with Gasteiger partial charge in [0.05, 0.1) is 0 Å². The van der Waals surface area contributed by atoms with E-state index in [1.165, 1.54) is 0 Å². The van der Waals surface area contributed by atoms with Crippen molar-refractivity contribution in [1.82, 2.24) is 9.88 Å². The van der Waals surface area contributed by atoms with Crippen LogP contribution < -0.4 is 10.5 Å². The molecule has 2 bridgehead atoms. The van der Waals surface area contributed by atoms with Gasteiger partial charge in [-0.25, -0.2) is 4.98 Å². The lowest BCUT2D eigenvalue weighted by Gasteiger charge is -2.34. The second-order valence-electron chi connectivity index (χ2n) is 6.93. The zero-order valence-corrected chi connectivity index (χ0v) is 14.9. The van der Waals surface area contributed by atoms with Crippen LogP contribution in [-0.4, -0.2) is 29.6 Å². The van der Waals surface area contributed by atoms with E-state index >= 15 is 0 Å². The SMILES string of the molecule is C=CCOc1ccccc1-c1c(C#N)c(N)nc2c1[C@H]1CC[C@@H](C2)N1C. The fourth-order valence-corrected chi connectivity index (χ4v) is 4.35. The molecule has 4 rings (SSSR count). The number of likely N-dealkylation sites (N-methyl/N-ethyl adjacent to an activating group) is 1. The normalized spacial score (nSPS) is 21.1. The molecule has 0 unspecified atom stereocenters. The number of nitrogen functional groups attached to an aromatic ring is 1. The number of pyridine rings is 1. The van der Waals surface area contributed by atoms with E-state index in [4.69, 9.17) is 10.5 Å². The molecule has 3 heterocycles. The highest BCUT2D eigenvalue weighted by molar-refractivity contribution is 5.83. The van der Waals surface area contributed by atoms with E-state index in [9.17, 15) is 5.26 Å². The predicted molar refractivity (Wildman–Crippen MR) is 102 cm³/mol. The first-order valence-electron chi connectivity index (χ1n) is 8.93. The molecule has 5 heteroatoms. The molecule has 2 aromatic rings. The molecule has 2 atom stereocenters. The number of nitrogens with zero attached hydrogens (tertiary/aromatic N) is 3. The van der Waals surface area contributed by atoms with Crippen LogP contribution in [0.3, 0.4) is 0 Å². The van der Waals surface area contributed by atoms with Gasteiger partial charge in [0.1, 0.15) is 29.8 Å². The minimum absolute atomic E-state index is 0.270. The molecule has 1 saturated heterocycles. The van der Waals surface area contributed by atoms with E-state index in [-0.39, 0.29) is 6.04 Å². The van der Waals surface area contributed by atoms with Crippen LogP contribution in [0.4, 0.5) is 5.82 Å². The molecule has 1 fully saturated rings. The Kier molecular flexibility index (Phi) is 4.14. The van der Waals surface area contributed by atoms with E-state index in [1.54, 1.807) is 6.08 Å². The number of hydrogen-bond acceptors (Lipinski definition) is 5. The van der Waals surface area contributed by atoms with Crippen LogP contribution >= 0.6 is 0 Å². The summed E-state index contributed by atoms with van der Waals surface area (Å²) in [7, 11) is 2.16. The van der Waals surface area contributed by atoms with Gasteiger partial charge in [0, 0.05) is 40.9 Å². The predicted octanol–water partition coefficient (Wildman–Crippen LogP) is 3.46. The topological polar surface area (TPSA) is 75.2 Å². The van der Waals surface area contributed by atoms with Crippen LogP contribution in [0, 0.1) is 11.3 Å². The lowest BCUT2D eigenvalue weighted by atomic mass is 9.87. The molecule has 2 N–H and O–H groups in total. The number of nitriles is 1. The Morgan fingerprint density at radius 2 is 2.23 bits per heavy atom. The standard InChI is InChI=1S/C21H22N4O/c1-3-10-26-18-7-5-4-6-14(18)19-15(12-22)21(23)24-16-11-13-8-9-17(20(16)19)25(13)2/h3-7,13,17H,1,8-11H2,2H3,(H2,23,24)/t13-,17+/m0/s1. The lowest BCUT2D eigenvalue weighted by molar-refractivity contribution is 0.222. The molecule has 26 heavy (non-hydrogen) atoms. The minimum Gasteiger partial charge on any atom is -0.489 e. The van der Waals surface area contributed by atoms with E-state index in [2.05, 4.69) is 29.6 Å². The third-order valence-electron chi connectivity index (χ3n) is 5.57. The second-order valence-corrected chi connectivity index (χ2v) is 6.93. The van der Waals surface area contributed by atoms with Crippen LogP contribution in [0.2, 0.25) is 0 Å². The first-order chi connectivity index (χ1) is 12.7. The fraction of sp³-hybridized carbons (Fsp3) is 0.333. The van der Waals surface area contributed by atoms with Gasteiger partial charge in [0.2, 0.25) is 0 Å². The number of ether oxygens (including phenoxy) is 1. The van der Waals surface area contributed by atoms with Gasteiger partial charge in [-0.05, 0) is 26.0 Å². The maximum Gasteiger partial charge on any atom is 0.142 e. The molecule has 0 aliphatic carbocycles. The van der Waals surface area contributed by atoms with Crippen molar-refractivity contribution < 1.29 is 4.74 Å². The first-order valence-corrected chi connectivity index (χ1v) is 8.93. The van der Waals surface area contributed by atoms with Gasteiger partial charge in [-0.3, -0.25) is 4.90 Å². The zero-order chi connectivity index (χ0) is 18.3. The summed E-state index contributed by atoms with van der Waals surface area (Å²) in [4.78, 5) is 7.02. The Morgan fingerprint density at radius 1 is 1.42 bits per heavy atom. The lowest BCUT2D eigenvalue weighted by Crippen LogP contribution is -2.35. The van der Waals surface area contributed by atoms with Crippen LogP contribution in [0.5, 0.6) is 5.75 Å². The van der Waals surface area contributed by atoms with Crippen molar-refractivity contribution in [1.29, 1.82) is 5.26 Å². The van der Waals surface area contributed by atoms with Gasteiger partial charge in [0.25, 0.3) is 0 Å². The van der Waals surface area contributed by atoms with E-state index in [1.807, 2.05) is 24.3 Å². The van der Waals surface area contributed by atoms with Crippen molar-refractivity contribution in [3.63, 3.8) is 0 Å². The molecule has 0 spiro atoms. The third-order valence-corrected chi connectivity index (χ3v) is 5.57. The van der Waals surface area contributed by atoms with Crippen LogP contribution in [-0.2, 0) is 6.42 Å². The zero-order valence-electron chi connectivity index (χ0n) is 14.9. The third kappa shape index (κ3) is 2.46. The van der Waals surface area contributed by atoms with Crippen molar-refractivity contribution in [3.8, 4) is 22.9 Å². The Morgan fingerprint density at radius 3 is 3.00 bits per heavy atom. The molecule has 1 aromatic heterocycles. The van der Waals surface area contributed by atoms with Gasteiger partial charge < -0.3 is 10.5 Å². The van der Waals surface area contributed by atoms with Gasteiger partial charge in [-0.15, -0.1) is 0 Å². The quantitative estimate of drug-likeness (QED) is 0.858. The summed E-state index contributed by atoms with van der Waals surface area (Å²) >= 11 is 0. The number of benzene rings is 1. The monoisotopic (exact) mass is 346 g/mol. The highest BCUT2D eigenvalue weighted by atomic mass is 16.5. The molecule has 0 radical (unpaired) electrons. The Labute approximate surface area is 153 Å². The number of fused-ring (bicyclic) bond motifs is 4. The van der Waals surface area contributed by atoms with Crippen LogP contribution in [0.1, 0.15) is 35.7 Å². The number of anilines is 1. The summed E-state index contributed by atoms with van der Waals surface area (Å²) in [6, 6.07) is 10.9. The molecule has 0 amide bonds. The van der Waals surface area contributed by atoms with Crippen molar-refractivity contribution in [2.75, 3.05) is 19.4 Å². The van der Waals surface area contributed by atoms with Crippen molar-refractivity contribution >= 4 is 5.82 Å². The summed E-state index contributed by atoms with van der Waals surface area (Å²) in [6.07, 6.45) is 4.81. The van der Waals surface area contributed by atoms with Gasteiger partial charge in [0.15, 0.2) is 0 Å². The van der Waals surface area contributed by atoms with Gasteiger partial charge in [-0.1, -0.05) is 30.9 Å². The molecule has 2 aliphatic heterocycles. The Hall–Kier alpha value is -2.84. The molecular formula is C21H22N4O. The summed E-state index contributed by atoms with van der Waals surface area (Å²) in [5.41, 5.74) is 10.6. The van der Waals surface area contributed by atoms with Crippen LogP contribution in [0.15, 0.2) is 36.9 Å². The van der Waals surface area contributed by atoms with Crippen molar-refractivity contribution in [2.24, 2.45) is 0 Å². The van der Waals surface area contributed by atoms with Crippen molar-refractivity contribution in [3.05, 3.63) is 53.7 Å². The Balaban J connectivity index is 1.99. The molecule has 132 valence electrons. The molecular weight excluding hydrogens is 324 g/mol. The number of hydrogen-bond donors (Lipinski definition) is 1. The van der Waals surface area contributed by atoms with Gasteiger partial charge >= 0.3 is 0 Å². The molecule has 5 nitrogen and oxygen atoms in total. The van der Waals surface area contributed by atoms with E-state index in [0.29, 0.717) is 24.0 Å². The highest BCUT2D eigenvalue weighted by Crippen LogP contribution is 2.49. The average Bonchev–Trinajstić information content (AvgIpc) is 2.88. The maximum atomic E-state index is 9.82. The van der Waals surface area contributed by atoms with Crippen molar-refractivity contribution in [2.45, 2.75) is 31.3 Å². The first kappa shape index (κ1) is 16.6. The second kappa shape index (κ2) is 6.47. The summed E-state index contributed by atoms with van der Waals surface area (Å²) in [5, 5.41) is 9.82. The molecule has 1 aromatic carbocycles. The number of aromatic nitrogens is 1. The highest BCUT2D eigenvalue weighted by Gasteiger charge is 2.41. The van der Waals surface area contributed by atoms with Crippen LogP contribution in [0.25, 0.3) is 11.1 Å². The number of nitrogens with two attached hydrogens (primary N) is 1. The average molecular weight is 346 g/mol. The number of rotatable bonds is 4. The summed E-state index contributed by atoms with van der Waals surface area (Å²) in [5.74, 6) is 1.04. The van der Waals surface area contributed by atoms with Gasteiger partial charge in [-0.2, -0.15) is 5.26 Å². The molecule has 0 saturated carbocycles. The smallest absolute Gasteiger partial charge is 0.142 e. The summed E-state index contributed by atoms with van der Waals surface area (Å²) < 4.78 is 5.87. The largest absolute Gasteiger partial charge is 0.489 e. The molecule has 2 aliphatic rings.